The average molecular weight is 493 g/mol. The minimum absolute atomic E-state index is 0.0263. The summed E-state index contributed by atoms with van der Waals surface area (Å²) in [4.78, 5) is 0. The van der Waals surface area contributed by atoms with Gasteiger partial charge in [-0.1, -0.05) is 12.1 Å². The van der Waals surface area contributed by atoms with Crippen LogP contribution in [-0.4, -0.2) is 81.7 Å². The van der Waals surface area contributed by atoms with Gasteiger partial charge in [-0.15, -0.1) is 0 Å². The van der Waals surface area contributed by atoms with E-state index < -0.39 is 42.7 Å². The van der Waals surface area contributed by atoms with Gasteiger partial charge in [-0.2, -0.15) is 0 Å². The molecule has 0 unspecified atom stereocenters. The first kappa shape index (κ1) is 25.5. The van der Waals surface area contributed by atoms with E-state index in [9.17, 15) is 25.5 Å². The van der Waals surface area contributed by atoms with Gasteiger partial charge in [0.05, 0.1) is 25.7 Å². The van der Waals surface area contributed by atoms with Crippen molar-refractivity contribution in [2.45, 2.75) is 62.5 Å². The third-order valence-electron chi connectivity index (χ3n) is 6.56. The van der Waals surface area contributed by atoms with Crippen LogP contribution in [0.4, 0.5) is 0 Å². The maximum atomic E-state index is 10.5. The summed E-state index contributed by atoms with van der Waals surface area (Å²) in [7, 11) is 1.44. The maximum Gasteiger partial charge on any atom is 0.229 e. The SMILES string of the molecule is COc1cc([C@@H]2Oc3c(O)cc(CCCO)cc3[C@@H]2CO)ccc1O[C@H]1O[C@@H](C)[C@@H](O)[C@H](O)[C@@H]1O. The highest BCUT2D eigenvalue weighted by atomic mass is 16.7. The van der Waals surface area contributed by atoms with Crippen molar-refractivity contribution in [2.24, 2.45) is 0 Å². The summed E-state index contributed by atoms with van der Waals surface area (Å²) in [5, 5.41) is 60.0. The predicted octanol–water partition coefficient (Wildman–Crippen LogP) is 0.742. The molecule has 1 saturated heterocycles. The zero-order chi connectivity index (χ0) is 25.3. The number of phenolic OH excluding ortho intramolecular Hbond substituents is 1. The fourth-order valence-corrected chi connectivity index (χ4v) is 4.59. The molecule has 6 N–H and O–H groups in total. The fourth-order valence-electron chi connectivity index (χ4n) is 4.59. The molecule has 0 amide bonds. The van der Waals surface area contributed by atoms with E-state index in [1.54, 1.807) is 31.2 Å². The van der Waals surface area contributed by atoms with Crippen molar-refractivity contribution >= 4 is 0 Å². The second kappa shape index (κ2) is 10.6. The lowest BCUT2D eigenvalue weighted by atomic mass is 9.90. The third-order valence-corrected chi connectivity index (χ3v) is 6.56. The quantitative estimate of drug-likeness (QED) is 0.310. The number of hydrogen-bond donors (Lipinski definition) is 6. The number of aliphatic hydroxyl groups is 5. The summed E-state index contributed by atoms with van der Waals surface area (Å²) in [5.74, 6) is 0.377. The number of aromatic hydroxyl groups is 1. The first-order valence-corrected chi connectivity index (χ1v) is 11.6. The van der Waals surface area contributed by atoms with Crippen molar-refractivity contribution in [3.05, 3.63) is 47.0 Å². The van der Waals surface area contributed by atoms with Crippen LogP contribution in [0.5, 0.6) is 23.0 Å². The highest BCUT2D eigenvalue weighted by Crippen LogP contribution is 2.51. The summed E-state index contributed by atoms with van der Waals surface area (Å²) in [5.41, 5.74) is 2.19. The zero-order valence-electron chi connectivity index (χ0n) is 19.6. The second-order valence-corrected chi connectivity index (χ2v) is 8.90. The number of aryl methyl sites for hydroxylation is 1. The summed E-state index contributed by atoms with van der Waals surface area (Å²) in [6.45, 7) is 1.38. The van der Waals surface area contributed by atoms with E-state index in [0.29, 0.717) is 35.5 Å². The molecule has 192 valence electrons. The Labute approximate surface area is 202 Å². The molecule has 0 saturated carbocycles. The first-order valence-electron chi connectivity index (χ1n) is 11.6. The lowest BCUT2D eigenvalue weighted by Gasteiger charge is -2.39. The predicted molar refractivity (Wildman–Crippen MR) is 123 cm³/mol. The molecule has 0 bridgehead atoms. The lowest BCUT2D eigenvalue weighted by molar-refractivity contribution is -0.268. The van der Waals surface area contributed by atoms with E-state index in [1.807, 2.05) is 6.07 Å². The van der Waals surface area contributed by atoms with Crippen molar-refractivity contribution in [3.8, 4) is 23.0 Å². The van der Waals surface area contributed by atoms with Crippen LogP contribution in [-0.2, 0) is 11.2 Å². The van der Waals surface area contributed by atoms with Gasteiger partial charge in [0.25, 0.3) is 0 Å². The molecular weight excluding hydrogens is 460 g/mol. The summed E-state index contributed by atoms with van der Waals surface area (Å²) >= 11 is 0. The Kier molecular flexibility index (Phi) is 7.70. The van der Waals surface area contributed by atoms with Crippen LogP contribution in [0.1, 0.15) is 42.1 Å². The second-order valence-electron chi connectivity index (χ2n) is 8.90. The molecule has 2 aromatic rings. The van der Waals surface area contributed by atoms with E-state index in [0.717, 1.165) is 5.56 Å². The van der Waals surface area contributed by atoms with Gasteiger partial charge in [-0.3, -0.25) is 0 Å². The average Bonchev–Trinajstić information content (AvgIpc) is 3.24. The van der Waals surface area contributed by atoms with Gasteiger partial charge in [-0.25, -0.2) is 0 Å². The number of fused-ring (bicyclic) bond motifs is 1. The van der Waals surface area contributed by atoms with Gasteiger partial charge in [0.15, 0.2) is 23.0 Å². The number of phenols is 1. The Balaban J connectivity index is 1.58. The van der Waals surface area contributed by atoms with Crippen LogP contribution in [0.2, 0.25) is 0 Å². The minimum atomic E-state index is -1.47. The van der Waals surface area contributed by atoms with Crippen LogP contribution in [0.25, 0.3) is 0 Å². The van der Waals surface area contributed by atoms with Crippen LogP contribution in [0, 0.1) is 0 Å². The van der Waals surface area contributed by atoms with Crippen LogP contribution in [0.3, 0.4) is 0 Å². The van der Waals surface area contributed by atoms with Gasteiger partial charge in [0.2, 0.25) is 6.29 Å². The maximum absolute atomic E-state index is 10.5. The van der Waals surface area contributed by atoms with E-state index in [-0.39, 0.29) is 24.7 Å². The third kappa shape index (κ3) is 4.90. The fraction of sp³-hybridized carbons (Fsp3) is 0.520. The smallest absolute Gasteiger partial charge is 0.229 e. The molecule has 4 rings (SSSR count). The van der Waals surface area contributed by atoms with Crippen molar-refractivity contribution in [3.63, 3.8) is 0 Å². The number of rotatable bonds is 8. The largest absolute Gasteiger partial charge is 0.504 e. The Bertz CT molecular complexity index is 1030. The Morgan fingerprint density at radius 1 is 0.971 bits per heavy atom. The van der Waals surface area contributed by atoms with Gasteiger partial charge < -0.3 is 49.6 Å². The van der Waals surface area contributed by atoms with Crippen molar-refractivity contribution in [1.29, 1.82) is 0 Å². The molecule has 7 atom stereocenters. The Morgan fingerprint density at radius 2 is 1.74 bits per heavy atom. The molecular formula is C25H32O10. The van der Waals surface area contributed by atoms with Gasteiger partial charge in [0, 0.05) is 12.2 Å². The molecule has 2 heterocycles. The Morgan fingerprint density at radius 3 is 2.43 bits per heavy atom. The number of ether oxygens (including phenoxy) is 4. The van der Waals surface area contributed by atoms with E-state index >= 15 is 0 Å². The zero-order valence-corrected chi connectivity index (χ0v) is 19.6. The molecule has 0 aromatic heterocycles. The van der Waals surface area contributed by atoms with Crippen molar-refractivity contribution in [1.82, 2.24) is 0 Å². The standard InChI is InChI=1S/C25H32O10/c1-12-20(29)21(30)22(31)25(33-12)34-18-6-5-14(10-19(18)32-2)23-16(11-27)15-8-13(4-3-7-26)9-17(28)24(15)35-23/h5-6,8-10,12,16,20-23,25-31H,3-4,7,11H2,1-2H3/t12-,16-,20+,21-,22-,23-,25+/m0/s1. The van der Waals surface area contributed by atoms with E-state index in [2.05, 4.69) is 0 Å². The number of hydrogen-bond acceptors (Lipinski definition) is 10. The molecule has 10 heteroatoms. The Hall–Kier alpha value is -2.60. The molecule has 2 aliphatic rings. The van der Waals surface area contributed by atoms with Crippen LogP contribution in [0.15, 0.2) is 30.3 Å². The van der Waals surface area contributed by atoms with Crippen LogP contribution < -0.4 is 14.2 Å². The topological polar surface area (TPSA) is 158 Å². The molecule has 2 aliphatic heterocycles. The number of methoxy groups -OCH3 is 1. The minimum Gasteiger partial charge on any atom is -0.504 e. The highest BCUT2D eigenvalue weighted by Gasteiger charge is 2.43. The monoisotopic (exact) mass is 492 g/mol. The lowest BCUT2D eigenvalue weighted by Crippen LogP contribution is -2.58. The molecule has 2 aromatic carbocycles. The van der Waals surface area contributed by atoms with E-state index in [4.69, 9.17) is 24.1 Å². The van der Waals surface area contributed by atoms with Crippen molar-refractivity contribution < 1.29 is 49.6 Å². The van der Waals surface area contributed by atoms with Crippen molar-refractivity contribution in [2.75, 3.05) is 20.3 Å². The molecule has 0 radical (unpaired) electrons. The van der Waals surface area contributed by atoms with Gasteiger partial charge >= 0.3 is 0 Å². The highest BCUT2D eigenvalue weighted by molar-refractivity contribution is 5.55. The number of benzene rings is 2. The normalized spacial score (nSPS) is 30.0. The molecule has 0 aliphatic carbocycles. The summed E-state index contributed by atoms with van der Waals surface area (Å²) in [6, 6.07) is 8.46. The molecule has 10 nitrogen and oxygen atoms in total. The summed E-state index contributed by atoms with van der Waals surface area (Å²) < 4.78 is 22.8. The summed E-state index contributed by atoms with van der Waals surface area (Å²) in [6.07, 6.45) is -5.60. The van der Waals surface area contributed by atoms with Crippen LogP contribution >= 0.6 is 0 Å². The molecule has 1 fully saturated rings. The van der Waals surface area contributed by atoms with Gasteiger partial charge in [-0.05, 0) is 49.1 Å². The van der Waals surface area contributed by atoms with Gasteiger partial charge in [0.1, 0.15) is 24.4 Å². The first-order chi connectivity index (χ1) is 16.8. The molecule has 35 heavy (non-hydrogen) atoms. The van der Waals surface area contributed by atoms with E-state index in [1.165, 1.54) is 7.11 Å². The number of aliphatic hydroxyl groups excluding tert-OH is 5. The molecule has 0 spiro atoms.